The van der Waals surface area contributed by atoms with Crippen molar-refractivity contribution in [1.82, 2.24) is 4.98 Å². The lowest BCUT2D eigenvalue weighted by atomic mass is 10.2. The van der Waals surface area contributed by atoms with Crippen LogP contribution in [0, 0.1) is 0 Å². The Hall–Kier alpha value is -3.54. The smallest absolute Gasteiger partial charge is 0.170 e. The molecule has 6 heteroatoms. The van der Waals surface area contributed by atoms with Gasteiger partial charge in [-0.05, 0) is 61.9 Å². The number of pyridine rings is 1. The zero-order chi connectivity index (χ0) is 20.5. The summed E-state index contributed by atoms with van der Waals surface area (Å²) in [5, 5.41) is 4.01. The average molecular weight is 391 g/mol. The third-order valence-corrected chi connectivity index (χ3v) is 3.94. The summed E-state index contributed by atoms with van der Waals surface area (Å²) in [4.78, 5) is 9.47. The largest absolute Gasteiger partial charge is 0.491 e. The van der Waals surface area contributed by atoms with Crippen molar-refractivity contribution in [1.29, 1.82) is 0 Å². The highest BCUT2D eigenvalue weighted by molar-refractivity contribution is 5.97. The number of amidine groups is 1. The van der Waals surface area contributed by atoms with Crippen molar-refractivity contribution in [2.75, 3.05) is 0 Å². The van der Waals surface area contributed by atoms with E-state index >= 15 is 0 Å². The molecule has 0 saturated carbocycles. The van der Waals surface area contributed by atoms with Gasteiger partial charge in [-0.1, -0.05) is 23.4 Å². The molecule has 0 radical (unpaired) electrons. The summed E-state index contributed by atoms with van der Waals surface area (Å²) < 4.78 is 11.4. The molecule has 3 aromatic rings. The van der Waals surface area contributed by atoms with E-state index in [1.807, 2.05) is 74.5 Å². The zero-order valence-electron chi connectivity index (χ0n) is 16.6. The van der Waals surface area contributed by atoms with Gasteiger partial charge in [-0.2, -0.15) is 0 Å². The van der Waals surface area contributed by atoms with Crippen LogP contribution in [0.25, 0.3) is 0 Å². The van der Waals surface area contributed by atoms with Crippen LogP contribution in [0.5, 0.6) is 11.5 Å². The van der Waals surface area contributed by atoms with E-state index in [-0.39, 0.29) is 6.10 Å². The lowest BCUT2D eigenvalue weighted by Crippen LogP contribution is -2.13. The normalized spacial score (nSPS) is 11.3. The van der Waals surface area contributed by atoms with Gasteiger partial charge in [-0.3, -0.25) is 4.98 Å². The van der Waals surface area contributed by atoms with E-state index < -0.39 is 0 Å². The Morgan fingerprint density at radius 2 is 1.76 bits per heavy atom. The van der Waals surface area contributed by atoms with Crippen molar-refractivity contribution in [3.8, 4) is 11.5 Å². The Balaban J connectivity index is 1.52. The summed E-state index contributed by atoms with van der Waals surface area (Å²) in [6.07, 6.45) is 3.63. The van der Waals surface area contributed by atoms with Gasteiger partial charge in [0, 0.05) is 23.5 Å². The van der Waals surface area contributed by atoms with Gasteiger partial charge in [-0.25, -0.2) is 0 Å². The third-order valence-electron chi connectivity index (χ3n) is 3.94. The van der Waals surface area contributed by atoms with Crippen molar-refractivity contribution >= 4 is 5.84 Å². The van der Waals surface area contributed by atoms with Crippen LogP contribution in [0.4, 0.5) is 0 Å². The van der Waals surface area contributed by atoms with Crippen LogP contribution in [0.3, 0.4) is 0 Å². The van der Waals surface area contributed by atoms with E-state index in [9.17, 15) is 0 Å². The summed E-state index contributed by atoms with van der Waals surface area (Å²) in [7, 11) is 0. The van der Waals surface area contributed by atoms with Gasteiger partial charge in [0.25, 0.3) is 0 Å². The maximum Gasteiger partial charge on any atom is 0.170 e. The second-order valence-electron chi connectivity index (χ2n) is 6.74. The van der Waals surface area contributed by atoms with Crippen LogP contribution in [0.1, 0.15) is 30.5 Å². The van der Waals surface area contributed by atoms with E-state index in [1.165, 1.54) is 0 Å². The molecule has 0 fully saturated rings. The maximum atomic E-state index is 6.02. The molecule has 0 spiro atoms. The molecule has 0 saturated heterocycles. The van der Waals surface area contributed by atoms with Crippen molar-refractivity contribution in [2.24, 2.45) is 10.9 Å². The van der Waals surface area contributed by atoms with Gasteiger partial charge in [0.1, 0.15) is 24.7 Å². The summed E-state index contributed by atoms with van der Waals surface area (Å²) in [6, 6.07) is 19.0. The number of nitrogens with zero attached hydrogens (tertiary/aromatic N) is 2. The fourth-order valence-corrected chi connectivity index (χ4v) is 2.58. The number of hydrogen-bond donors (Lipinski definition) is 1. The number of benzene rings is 2. The molecule has 29 heavy (non-hydrogen) atoms. The monoisotopic (exact) mass is 391 g/mol. The SMILES string of the molecule is CC(C)Oc1cccc(CO/N=C(/N)c2ccc(OCc3cccnc3)cc2)c1. The molecule has 0 atom stereocenters. The Morgan fingerprint density at radius 1 is 0.966 bits per heavy atom. The first kappa shape index (κ1) is 20.2. The number of ether oxygens (including phenoxy) is 2. The molecule has 0 aliphatic carbocycles. The van der Waals surface area contributed by atoms with Crippen LogP contribution in [0.15, 0.2) is 78.2 Å². The topological polar surface area (TPSA) is 79.0 Å². The predicted octanol–water partition coefficient (Wildman–Crippen LogP) is 4.28. The zero-order valence-corrected chi connectivity index (χ0v) is 16.6. The predicted molar refractivity (Wildman–Crippen MR) is 113 cm³/mol. The molecule has 150 valence electrons. The Kier molecular flexibility index (Phi) is 7.05. The van der Waals surface area contributed by atoms with Crippen LogP contribution < -0.4 is 15.2 Å². The molecule has 2 N–H and O–H groups in total. The van der Waals surface area contributed by atoms with Crippen LogP contribution in [0.2, 0.25) is 0 Å². The molecular weight excluding hydrogens is 366 g/mol. The third kappa shape index (κ3) is 6.53. The summed E-state index contributed by atoms with van der Waals surface area (Å²) >= 11 is 0. The molecule has 0 bridgehead atoms. The van der Waals surface area contributed by atoms with E-state index in [2.05, 4.69) is 10.1 Å². The highest BCUT2D eigenvalue weighted by Crippen LogP contribution is 2.16. The second-order valence-corrected chi connectivity index (χ2v) is 6.74. The Morgan fingerprint density at radius 3 is 2.48 bits per heavy atom. The Bertz CT molecular complexity index is 926. The van der Waals surface area contributed by atoms with Crippen molar-refractivity contribution < 1.29 is 14.3 Å². The molecule has 2 aromatic carbocycles. The lowest BCUT2D eigenvalue weighted by Gasteiger charge is -2.10. The Labute approximate surface area is 170 Å². The average Bonchev–Trinajstić information content (AvgIpc) is 2.73. The summed E-state index contributed by atoms with van der Waals surface area (Å²) in [5.41, 5.74) is 8.75. The van der Waals surface area contributed by atoms with Gasteiger partial charge in [0.05, 0.1) is 6.10 Å². The van der Waals surface area contributed by atoms with Crippen molar-refractivity contribution in [3.63, 3.8) is 0 Å². The number of aromatic nitrogens is 1. The fraction of sp³-hybridized carbons (Fsp3) is 0.217. The van der Waals surface area contributed by atoms with Gasteiger partial charge >= 0.3 is 0 Å². The highest BCUT2D eigenvalue weighted by Gasteiger charge is 2.03. The maximum absolute atomic E-state index is 6.02. The van der Waals surface area contributed by atoms with Crippen molar-refractivity contribution in [2.45, 2.75) is 33.2 Å². The minimum Gasteiger partial charge on any atom is -0.491 e. The minimum atomic E-state index is 0.121. The van der Waals surface area contributed by atoms with Gasteiger partial charge in [-0.15, -0.1) is 0 Å². The number of hydrogen-bond acceptors (Lipinski definition) is 5. The van der Waals surface area contributed by atoms with E-state index in [1.54, 1.807) is 12.4 Å². The van der Waals surface area contributed by atoms with E-state index in [0.29, 0.717) is 19.0 Å². The van der Waals surface area contributed by atoms with Gasteiger partial charge in [0.2, 0.25) is 0 Å². The van der Waals surface area contributed by atoms with E-state index in [4.69, 9.17) is 20.0 Å². The fourth-order valence-electron chi connectivity index (χ4n) is 2.58. The first-order valence-electron chi connectivity index (χ1n) is 9.43. The van der Waals surface area contributed by atoms with Crippen molar-refractivity contribution in [3.05, 3.63) is 89.7 Å². The molecule has 1 heterocycles. The number of oxime groups is 1. The number of nitrogens with two attached hydrogens (primary N) is 1. The van der Waals surface area contributed by atoms with Gasteiger partial charge in [0.15, 0.2) is 5.84 Å². The lowest BCUT2D eigenvalue weighted by molar-refractivity contribution is 0.130. The minimum absolute atomic E-state index is 0.121. The quantitative estimate of drug-likeness (QED) is 0.334. The molecule has 1 aromatic heterocycles. The molecule has 0 aliphatic heterocycles. The molecule has 6 nitrogen and oxygen atoms in total. The number of rotatable bonds is 9. The summed E-state index contributed by atoms with van der Waals surface area (Å²) in [6.45, 7) is 4.74. The van der Waals surface area contributed by atoms with Crippen LogP contribution in [-0.4, -0.2) is 16.9 Å². The highest BCUT2D eigenvalue weighted by atomic mass is 16.6. The van der Waals surface area contributed by atoms with E-state index in [0.717, 1.165) is 28.2 Å². The second kappa shape index (κ2) is 10.1. The summed E-state index contributed by atoms with van der Waals surface area (Å²) in [5.74, 6) is 1.85. The molecular formula is C23H25N3O3. The molecule has 0 aliphatic rings. The molecule has 0 amide bonds. The van der Waals surface area contributed by atoms with Gasteiger partial charge < -0.3 is 20.0 Å². The standard InChI is InChI=1S/C23H25N3O3/c1-17(2)29-22-7-3-5-18(13-22)16-28-26-23(24)20-8-10-21(11-9-20)27-15-19-6-4-12-25-14-19/h3-14,17H,15-16H2,1-2H3,(H2,24,26). The van der Waals surface area contributed by atoms with Crippen LogP contribution in [-0.2, 0) is 18.1 Å². The molecule has 3 rings (SSSR count). The van der Waals surface area contributed by atoms with Crippen LogP contribution >= 0.6 is 0 Å². The first-order valence-corrected chi connectivity index (χ1v) is 9.43. The molecule has 0 unspecified atom stereocenters. The first-order chi connectivity index (χ1) is 14.1.